The second-order valence-electron chi connectivity index (χ2n) is 35.1. The van der Waals surface area contributed by atoms with E-state index >= 15 is 0 Å². The maximum Gasteiger partial charge on any atom is 0.160 e. The van der Waals surface area contributed by atoms with Gasteiger partial charge >= 0.3 is 0 Å². The van der Waals surface area contributed by atoms with E-state index in [0.29, 0.717) is 5.82 Å². The Hall–Kier alpha value is -16.8. The number of para-hydroxylation sites is 5. The monoisotopic (exact) mass is 2200 g/mol. The summed E-state index contributed by atoms with van der Waals surface area (Å²) in [4.78, 5) is 49.2. The lowest BCUT2D eigenvalue weighted by atomic mass is 9.94. The van der Waals surface area contributed by atoms with Crippen molar-refractivity contribution in [3.63, 3.8) is 0 Å². The Morgan fingerprint density at radius 3 is 0.735 bits per heavy atom. The number of hydrogen-bond donors (Lipinski definition) is 0. The second-order valence-corrected chi connectivity index (χ2v) is 39.7. The van der Waals surface area contributed by atoms with Crippen LogP contribution in [0.5, 0.6) is 0 Å². The number of halogens is 5. The lowest BCUT2D eigenvalue weighted by Crippen LogP contribution is -1.96. The third-order valence-electron chi connectivity index (χ3n) is 25.4. The van der Waals surface area contributed by atoms with Crippen molar-refractivity contribution in [3.05, 3.63) is 538 Å². The number of fused-ring (bicyclic) bond motifs is 7. The normalized spacial score (nSPS) is 11.0. The van der Waals surface area contributed by atoms with Crippen LogP contribution in [0.2, 0.25) is 0 Å². The Balaban J connectivity index is 0.000000105. The molecule has 26 aromatic rings. The van der Waals surface area contributed by atoms with Crippen molar-refractivity contribution in [1.29, 1.82) is 0 Å². The lowest BCUT2D eigenvalue weighted by molar-refractivity contribution is 1.23. The first-order valence-corrected chi connectivity index (χ1v) is 52.0. The Bertz CT molecular complexity index is 9260. The quantitative estimate of drug-likeness (QED) is 0.104. The summed E-state index contributed by atoms with van der Waals surface area (Å²) in [5.74, 6) is 3.64. The van der Waals surface area contributed by atoms with Crippen molar-refractivity contribution in [2.75, 3.05) is 0 Å². The van der Waals surface area contributed by atoms with Gasteiger partial charge in [-0.1, -0.05) is 474 Å². The van der Waals surface area contributed by atoms with Crippen LogP contribution < -0.4 is 0 Å². The van der Waals surface area contributed by atoms with Gasteiger partial charge in [-0.25, -0.2) is 49.8 Å². The topological polar surface area (TPSA) is 129 Å². The second kappa shape index (κ2) is 44.2. The number of nitrogens with zero attached hydrogens (tertiary/aromatic N) is 10. The molecule has 0 aliphatic heterocycles. The van der Waals surface area contributed by atoms with Gasteiger partial charge in [0.05, 0.1) is 56.1 Å². The van der Waals surface area contributed by atoms with Crippen LogP contribution in [0.15, 0.2) is 538 Å². The molecule has 0 saturated carbocycles. The third-order valence-corrected chi connectivity index (χ3v) is 27.9. The zero-order valence-electron chi connectivity index (χ0n) is 78.9. The molecule has 26 rings (SSSR count). The number of hydrogen-bond acceptors (Lipinski definition) is 10. The molecule has 15 heteroatoms. The van der Waals surface area contributed by atoms with Crippen LogP contribution in [0.4, 0.5) is 0 Å². The van der Waals surface area contributed by atoms with Gasteiger partial charge in [-0.3, -0.25) is 0 Å². The standard InChI is InChI=1S/C32H21BrN2.2C26H17BrN2.2C24H15BrN2/c33-28-15-9-14-24(21-28)32-34-30-17-8-7-16-29(30)31(35-32)27-19-25(22-10-3-1-4-11-22)18-26(20-27)23-12-5-2-6-13-23;27-22-13-7-12-21(17-22)26-28-24-15-5-4-14-23(24)25(29-26)20-11-6-10-19(16-20)18-8-2-1-3-9-18;27-22-10-6-9-21(17-22)26-28-24-12-5-4-11-23(24)25(29-26)20-15-13-19(14-16-20)18-7-2-1-3-8-18;25-18-10-5-9-17(15-18)24-26-22-14-4-3-12-21(22)23(27-24)20-13-6-8-16-7-1-2-11-19(16)20;25-20-9-5-8-19(15-20)24-26-22-11-4-3-10-21(22)23(27-24)18-13-12-16-6-1-2-7-17(16)14-18/h1-21H;2*1-17H;2*1-15H. The van der Waals surface area contributed by atoms with Gasteiger partial charge in [0.2, 0.25) is 0 Å². The van der Waals surface area contributed by atoms with Crippen LogP contribution in [0.3, 0.4) is 0 Å². The van der Waals surface area contributed by atoms with Gasteiger partial charge in [-0.05, 0) is 187 Å². The lowest BCUT2D eigenvalue weighted by Gasteiger charge is -2.13. The summed E-state index contributed by atoms with van der Waals surface area (Å²) in [5, 5.41) is 10.1. The first kappa shape index (κ1) is 95.1. The molecule has 147 heavy (non-hydrogen) atoms. The predicted octanol–water partition coefficient (Wildman–Crippen LogP) is 37.6. The van der Waals surface area contributed by atoms with Gasteiger partial charge in [0.25, 0.3) is 0 Å². The number of benzene rings is 21. The van der Waals surface area contributed by atoms with Crippen LogP contribution in [-0.4, -0.2) is 49.8 Å². The highest BCUT2D eigenvalue weighted by molar-refractivity contribution is 9.11. The van der Waals surface area contributed by atoms with E-state index in [2.05, 4.69) is 383 Å². The summed E-state index contributed by atoms with van der Waals surface area (Å²) in [6.45, 7) is 0. The van der Waals surface area contributed by atoms with Crippen LogP contribution >= 0.6 is 79.6 Å². The molecular weight excluding hydrogens is 2130 g/mol. The average Bonchev–Trinajstić information content (AvgIpc) is 0.775. The van der Waals surface area contributed by atoms with E-state index in [0.717, 1.165) is 195 Å². The van der Waals surface area contributed by atoms with Crippen molar-refractivity contribution >= 4 is 156 Å². The van der Waals surface area contributed by atoms with Crippen LogP contribution in [-0.2, 0) is 0 Å². The van der Waals surface area contributed by atoms with E-state index in [1.807, 2.05) is 212 Å². The zero-order chi connectivity index (χ0) is 99.3. The SMILES string of the molecule is Brc1cccc(-c2nc(-c3cc(-c4ccccc4)cc(-c4ccccc4)c3)c3ccccc3n2)c1.Brc1cccc(-c2nc(-c3ccc(-c4ccccc4)cc3)c3ccccc3n2)c1.Brc1cccc(-c2nc(-c3ccc4ccccc4c3)c3ccccc3n2)c1.Brc1cccc(-c2nc(-c3cccc(-c4ccccc4)c3)c3ccccc3n2)c1.Brc1cccc(-c2nc(-c3cccc4ccccc34)c3ccccc3n2)c1. The van der Waals surface area contributed by atoms with Crippen LogP contribution in [0.25, 0.3) is 234 Å². The van der Waals surface area contributed by atoms with E-state index in [9.17, 15) is 0 Å². The minimum Gasteiger partial charge on any atom is -0.228 e. The average molecular weight is 2210 g/mol. The van der Waals surface area contributed by atoms with E-state index in [4.69, 9.17) is 49.8 Å². The Morgan fingerprint density at radius 1 is 0.116 bits per heavy atom. The first-order chi connectivity index (χ1) is 72.4. The van der Waals surface area contributed by atoms with Gasteiger partial charge in [0.15, 0.2) is 29.1 Å². The van der Waals surface area contributed by atoms with Gasteiger partial charge in [0, 0.05) is 105 Å². The molecule has 0 amide bonds. The number of aromatic nitrogens is 10. The molecule has 0 aliphatic carbocycles. The van der Waals surface area contributed by atoms with Crippen LogP contribution in [0, 0.1) is 0 Å². The molecule has 0 unspecified atom stereocenters. The van der Waals surface area contributed by atoms with Gasteiger partial charge in [-0.15, -0.1) is 0 Å². The third kappa shape index (κ3) is 21.9. The van der Waals surface area contributed by atoms with E-state index < -0.39 is 0 Å². The number of rotatable bonds is 14. The van der Waals surface area contributed by atoms with Crippen molar-refractivity contribution in [3.8, 4) is 158 Å². The first-order valence-electron chi connectivity index (χ1n) is 48.1. The summed E-state index contributed by atoms with van der Waals surface area (Å²) in [7, 11) is 0. The smallest absolute Gasteiger partial charge is 0.160 e. The Morgan fingerprint density at radius 2 is 0.347 bits per heavy atom. The molecule has 0 radical (unpaired) electrons. The molecule has 0 fully saturated rings. The fourth-order valence-corrected chi connectivity index (χ4v) is 20.3. The summed E-state index contributed by atoms with van der Waals surface area (Å²) < 4.78 is 5.07. The van der Waals surface area contributed by atoms with E-state index in [-0.39, 0.29) is 0 Å². The van der Waals surface area contributed by atoms with Crippen molar-refractivity contribution in [2.45, 2.75) is 0 Å². The van der Waals surface area contributed by atoms with Gasteiger partial charge < -0.3 is 0 Å². The van der Waals surface area contributed by atoms with Crippen molar-refractivity contribution in [2.24, 2.45) is 0 Å². The Labute approximate surface area is 893 Å². The maximum atomic E-state index is 5.12. The highest BCUT2D eigenvalue weighted by Crippen LogP contribution is 2.42. The molecule has 0 aliphatic rings. The summed E-state index contributed by atoms with van der Waals surface area (Å²) >= 11 is 17.8. The molecule has 0 saturated heterocycles. The predicted molar refractivity (Wildman–Crippen MR) is 627 cm³/mol. The fraction of sp³-hybridized carbons (Fsp3) is 0. The van der Waals surface area contributed by atoms with E-state index in [1.54, 1.807) is 0 Å². The largest absolute Gasteiger partial charge is 0.228 e. The molecule has 5 heterocycles. The molecular formula is C132H85Br5N10. The molecule has 0 spiro atoms. The highest BCUT2D eigenvalue weighted by Gasteiger charge is 2.22. The molecule has 0 atom stereocenters. The summed E-state index contributed by atoms with van der Waals surface area (Å²) in [6.07, 6.45) is 0. The van der Waals surface area contributed by atoms with Crippen LogP contribution in [0.1, 0.15) is 0 Å². The summed E-state index contributed by atoms with van der Waals surface area (Å²) in [5.41, 5.74) is 29.3. The molecule has 698 valence electrons. The van der Waals surface area contributed by atoms with Crippen molar-refractivity contribution < 1.29 is 0 Å². The molecule has 0 N–H and O–H groups in total. The highest BCUT2D eigenvalue weighted by atomic mass is 79.9. The van der Waals surface area contributed by atoms with Gasteiger partial charge in [0.1, 0.15) is 0 Å². The molecule has 10 nitrogen and oxygen atoms in total. The summed E-state index contributed by atoms with van der Waals surface area (Å²) in [6, 6.07) is 177. The minimum absolute atomic E-state index is 0.714. The Kier molecular flexibility index (Phi) is 28.6. The molecule has 5 aromatic heterocycles. The molecule has 0 bridgehead atoms. The minimum atomic E-state index is 0.714. The fourth-order valence-electron chi connectivity index (χ4n) is 18.3. The maximum absolute atomic E-state index is 5.12. The van der Waals surface area contributed by atoms with E-state index in [1.165, 1.54) is 54.9 Å². The molecule has 21 aromatic carbocycles. The van der Waals surface area contributed by atoms with Crippen molar-refractivity contribution in [1.82, 2.24) is 49.8 Å². The van der Waals surface area contributed by atoms with Gasteiger partial charge in [-0.2, -0.15) is 0 Å². The zero-order valence-corrected chi connectivity index (χ0v) is 86.9.